The molecule has 0 saturated carbocycles. The molecule has 1 aromatic carbocycles. The Kier molecular flexibility index (Phi) is 7.31. The summed E-state index contributed by atoms with van der Waals surface area (Å²) < 4.78 is 5.25. The Morgan fingerprint density at radius 2 is 1.78 bits per heavy atom. The minimum Gasteiger partial charge on any atom is -0.496 e. The van der Waals surface area contributed by atoms with Crippen LogP contribution in [0.5, 0.6) is 5.75 Å². The Bertz CT molecular complexity index is 336. The van der Waals surface area contributed by atoms with E-state index in [1.807, 2.05) is 6.07 Å². The number of ether oxygens (including phenoxy) is 1. The van der Waals surface area contributed by atoms with Gasteiger partial charge in [0, 0.05) is 12.2 Å². The maximum Gasteiger partial charge on any atom is 0.121 e. The molecule has 18 heavy (non-hydrogen) atoms. The predicted molar refractivity (Wildman–Crippen MR) is 79.6 cm³/mol. The van der Waals surface area contributed by atoms with Gasteiger partial charge in [0.1, 0.15) is 5.75 Å². The fourth-order valence-electron chi connectivity index (χ4n) is 2.13. The first-order chi connectivity index (χ1) is 8.77. The Balaban J connectivity index is 2.17. The predicted octanol–water partition coefficient (Wildman–Crippen LogP) is 4.78. The van der Waals surface area contributed by atoms with Gasteiger partial charge in [-0.05, 0) is 37.1 Å². The maximum atomic E-state index is 5.25. The maximum absolute atomic E-state index is 5.25. The lowest BCUT2D eigenvalue weighted by atomic mass is 10.1. The van der Waals surface area contributed by atoms with E-state index in [4.69, 9.17) is 4.74 Å². The summed E-state index contributed by atoms with van der Waals surface area (Å²) in [6.07, 6.45) is 8.06. The number of unbranched alkanes of at least 4 members (excludes halogenated alkanes) is 5. The Labute approximate surface area is 112 Å². The number of hydrogen-bond acceptors (Lipinski definition) is 2. The molecule has 0 aliphatic rings. The summed E-state index contributed by atoms with van der Waals surface area (Å²) in [5.74, 6) is 0.958. The largest absolute Gasteiger partial charge is 0.496 e. The third-order valence-corrected chi connectivity index (χ3v) is 3.25. The highest BCUT2D eigenvalue weighted by atomic mass is 16.5. The molecule has 0 amide bonds. The highest BCUT2D eigenvalue weighted by molar-refractivity contribution is 5.50. The van der Waals surface area contributed by atoms with Crippen molar-refractivity contribution in [2.75, 3.05) is 19.0 Å². The first-order valence-electron chi connectivity index (χ1n) is 7.16. The molecule has 0 spiro atoms. The topological polar surface area (TPSA) is 21.3 Å². The molecule has 102 valence electrons. The average molecular weight is 249 g/mol. The van der Waals surface area contributed by atoms with Gasteiger partial charge in [-0.15, -0.1) is 0 Å². The molecule has 0 bridgehead atoms. The summed E-state index contributed by atoms with van der Waals surface area (Å²) in [5, 5.41) is 3.47. The van der Waals surface area contributed by atoms with Crippen molar-refractivity contribution in [2.45, 2.75) is 52.4 Å². The molecule has 0 unspecified atom stereocenters. The van der Waals surface area contributed by atoms with Crippen LogP contribution in [-0.4, -0.2) is 13.7 Å². The molecule has 2 heteroatoms. The Morgan fingerprint density at radius 1 is 1.06 bits per heavy atom. The smallest absolute Gasteiger partial charge is 0.121 e. The SMILES string of the molecule is CCCCCCCCNc1ccc(OC)c(C)c1. The van der Waals surface area contributed by atoms with Crippen molar-refractivity contribution in [1.82, 2.24) is 0 Å². The lowest BCUT2D eigenvalue weighted by Gasteiger charge is -2.09. The van der Waals surface area contributed by atoms with Crippen LogP contribution in [-0.2, 0) is 0 Å². The van der Waals surface area contributed by atoms with Gasteiger partial charge in [0.05, 0.1) is 7.11 Å². The van der Waals surface area contributed by atoms with Crippen LogP contribution < -0.4 is 10.1 Å². The molecule has 0 fully saturated rings. The van der Waals surface area contributed by atoms with Crippen LogP contribution in [0.4, 0.5) is 5.69 Å². The number of rotatable bonds is 9. The van der Waals surface area contributed by atoms with E-state index in [9.17, 15) is 0 Å². The first kappa shape index (κ1) is 14.9. The number of hydrogen-bond donors (Lipinski definition) is 1. The Morgan fingerprint density at radius 3 is 2.44 bits per heavy atom. The number of benzene rings is 1. The zero-order valence-corrected chi connectivity index (χ0v) is 12.1. The standard InChI is InChI=1S/C16H27NO/c1-4-5-6-7-8-9-12-17-15-10-11-16(18-3)14(2)13-15/h10-11,13,17H,4-9,12H2,1-3H3. The number of methoxy groups -OCH3 is 1. The zero-order chi connectivity index (χ0) is 13.2. The van der Waals surface area contributed by atoms with Crippen molar-refractivity contribution in [3.05, 3.63) is 23.8 Å². The molecule has 1 N–H and O–H groups in total. The van der Waals surface area contributed by atoms with Crippen molar-refractivity contribution < 1.29 is 4.74 Å². The van der Waals surface area contributed by atoms with Crippen LogP contribution in [0.1, 0.15) is 51.0 Å². The Hall–Kier alpha value is -1.18. The summed E-state index contributed by atoms with van der Waals surface area (Å²) in [5.41, 5.74) is 2.38. The highest BCUT2D eigenvalue weighted by Crippen LogP contribution is 2.21. The van der Waals surface area contributed by atoms with Crippen LogP contribution in [0.15, 0.2) is 18.2 Å². The van der Waals surface area contributed by atoms with Gasteiger partial charge in [0.2, 0.25) is 0 Å². The van der Waals surface area contributed by atoms with Crippen LogP contribution in [0.3, 0.4) is 0 Å². The minimum absolute atomic E-state index is 0.958. The molecule has 0 aromatic heterocycles. The molecule has 2 nitrogen and oxygen atoms in total. The molecule has 1 rings (SSSR count). The van der Waals surface area contributed by atoms with Crippen LogP contribution in [0.2, 0.25) is 0 Å². The van der Waals surface area contributed by atoms with E-state index in [1.165, 1.54) is 49.8 Å². The molecular formula is C16H27NO. The summed E-state index contributed by atoms with van der Waals surface area (Å²) in [6, 6.07) is 6.26. The van der Waals surface area contributed by atoms with Gasteiger partial charge in [-0.1, -0.05) is 39.0 Å². The van der Waals surface area contributed by atoms with E-state index >= 15 is 0 Å². The third kappa shape index (κ3) is 5.44. The van der Waals surface area contributed by atoms with Crippen molar-refractivity contribution >= 4 is 5.69 Å². The molecule has 0 heterocycles. The first-order valence-corrected chi connectivity index (χ1v) is 7.16. The van der Waals surface area contributed by atoms with Crippen molar-refractivity contribution in [3.8, 4) is 5.75 Å². The quantitative estimate of drug-likeness (QED) is 0.636. The lowest BCUT2D eigenvalue weighted by Crippen LogP contribution is -2.01. The van der Waals surface area contributed by atoms with E-state index in [2.05, 4.69) is 31.3 Å². The number of nitrogens with one attached hydrogen (secondary N) is 1. The molecule has 0 atom stereocenters. The second-order valence-electron chi connectivity index (χ2n) is 4.88. The fraction of sp³-hybridized carbons (Fsp3) is 0.625. The van der Waals surface area contributed by atoms with E-state index < -0.39 is 0 Å². The summed E-state index contributed by atoms with van der Waals surface area (Å²) in [4.78, 5) is 0. The number of anilines is 1. The summed E-state index contributed by atoms with van der Waals surface area (Å²) >= 11 is 0. The van der Waals surface area contributed by atoms with Gasteiger partial charge >= 0.3 is 0 Å². The second kappa shape index (κ2) is 8.84. The van der Waals surface area contributed by atoms with Gasteiger partial charge in [-0.2, -0.15) is 0 Å². The van der Waals surface area contributed by atoms with Crippen LogP contribution in [0, 0.1) is 6.92 Å². The van der Waals surface area contributed by atoms with E-state index in [0.717, 1.165) is 12.3 Å². The molecule has 0 aliphatic heterocycles. The second-order valence-corrected chi connectivity index (χ2v) is 4.88. The van der Waals surface area contributed by atoms with Gasteiger partial charge < -0.3 is 10.1 Å². The molecule has 0 saturated heterocycles. The molecule has 1 aromatic rings. The van der Waals surface area contributed by atoms with Gasteiger partial charge in [0.15, 0.2) is 0 Å². The molecular weight excluding hydrogens is 222 g/mol. The van der Waals surface area contributed by atoms with E-state index in [0.29, 0.717) is 0 Å². The van der Waals surface area contributed by atoms with Crippen molar-refractivity contribution in [3.63, 3.8) is 0 Å². The van der Waals surface area contributed by atoms with Crippen LogP contribution >= 0.6 is 0 Å². The third-order valence-electron chi connectivity index (χ3n) is 3.25. The lowest BCUT2D eigenvalue weighted by molar-refractivity contribution is 0.412. The monoisotopic (exact) mass is 249 g/mol. The molecule has 0 aliphatic carbocycles. The van der Waals surface area contributed by atoms with Crippen molar-refractivity contribution in [2.24, 2.45) is 0 Å². The van der Waals surface area contributed by atoms with Gasteiger partial charge in [-0.25, -0.2) is 0 Å². The average Bonchev–Trinajstić information content (AvgIpc) is 2.38. The van der Waals surface area contributed by atoms with Crippen molar-refractivity contribution in [1.29, 1.82) is 0 Å². The summed E-state index contributed by atoms with van der Waals surface area (Å²) in [6.45, 7) is 5.40. The van der Waals surface area contributed by atoms with Gasteiger partial charge in [0.25, 0.3) is 0 Å². The summed E-state index contributed by atoms with van der Waals surface area (Å²) in [7, 11) is 1.71. The van der Waals surface area contributed by atoms with Gasteiger partial charge in [-0.3, -0.25) is 0 Å². The zero-order valence-electron chi connectivity index (χ0n) is 12.1. The minimum atomic E-state index is 0.958. The van der Waals surface area contributed by atoms with Crippen LogP contribution in [0.25, 0.3) is 0 Å². The normalized spacial score (nSPS) is 10.4. The molecule has 0 radical (unpaired) electrons. The van der Waals surface area contributed by atoms with E-state index in [1.54, 1.807) is 7.11 Å². The highest BCUT2D eigenvalue weighted by Gasteiger charge is 1.99. The fourth-order valence-corrected chi connectivity index (χ4v) is 2.13. The number of aryl methyl sites for hydroxylation is 1. The van der Waals surface area contributed by atoms with E-state index in [-0.39, 0.29) is 0 Å².